The smallest absolute Gasteiger partial charge is 0.166 e. The summed E-state index contributed by atoms with van der Waals surface area (Å²) in [5, 5.41) is 5.31. The maximum atomic E-state index is 4.69. The van der Waals surface area contributed by atoms with Gasteiger partial charge >= 0.3 is 0 Å². The molecule has 2 N–H and O–H groups in total. The molecule has 1 aliphatic carbocycles. The topological polar surface area (TPSA) is 40.7 Å². The van der Waals surface area contributed by atoms with Crippen molar-refractivity contribution < 1.29 is 0 Å². The van der Waals surface area contributed by atoms with Crippen molar-refractivity contribution in [1.82, 2.24) is 15.3 Å². The zero-order valence-electron chi connectivity index (χ0n) is 11.6. The summed E-state index contributed by atoms with van der Waals surface area (Å²) in [7, 11) is 0. The number of nitrogens with zero attached hydrogens (tertiary/aromatic N) is 1. The number of nitrogens with one attached hydrogen (secondary N) is 2. The molecule has 2 atom stereocenters. The van der Waals surface area contributed by atoms with Crippen LogP contribution in [0.3, 0.4) is 0 Å². The number of imidazole rings is 1. The van der Waals surface area contributed by atoms with Crippen LogP contribution in [0.15, 0.2) is 23.4 Å². The van der Waals surface area contributed by atoms with Crippen molar-refractivity contribution in [3.05, 3.63) is 23.8 Å². The average molecular weight is 275 g/mol. The third-order valence-electron chi connectivity index (χ3n) is 3.80. The van der Waals surface area contributed by atoms with E-state index in [-0.39, 0.29) is 0 Å². The van der Waals surface area contributed by atoms with Crippen molar-refractivity contribution in [1.29, 1.82) is 0 Å². The summed E-state index contributed by atoms with van der Waals surface area (Å²) >= 11 is 1.90. The Morgan fingerprint density at radius 1 is 1.42 bits per heavy atom. The number of aromatic nitrogens is 2. The zero-order chi connectivity index (χ0) is 13.2. The summed E-state index contributed by atoms with van der Waals surface area (Å²) in [6.45, 7) is 5.36. The van der Waals surface area contributed by atoms with Crippen molar-refractivity contribution in [3.8, 4) is 0 Å². The molecule has 0 saturated heterocycles. The number of hydrogen-bond donors (Lipinski definition) is 2. The van der Waals surface area contributed by atoms with E-state index in [1.165, 1.54) is 24.8 Å². The second-order valence-electron chi connectivity index (χ2n) is 5.31. The average Bonchev–Trinajstić information content (AvgIpc) is 2.97. The molecule has 19 heavy (non-hydrogen) atoms. The van der Waals surface area contributed by atoms with E-state index in [0.717, 1.165) is 22.7 Å². The van der Waals surface area contributed by atoms with E-state index in [2.05, 4.69) is 42.3 Å². The lowest BCUT2D eigenvalue weighted by Gasteiger charge is -2.18. The summed E-state index contributed by atoms with van der Waals surface area (Å²) in [4.78, 5) is 8.14. The quantitative estimate of drug-likeness (QED) is 0.897. The number of aryl methyl sites for hydroxylation is 1. The Morgan fingerprint density at radius 3 is 3.16 bits per heavy atom. The van der Waals surface area contributed by atoms with Crippen LogP contribution in [-0.2, 0) is 0 Å². The number of fused-ring (bicyclic) bond motifs is 1. The second kappa shape index (κ2) is 5.55. The van der Waals surface area contributed by atoms with E-state index in [9.17, 15) is 0 Å². The molecule has 4 heteroatoms. The third kappa shape index (κ3) is 2.79. The van der Waals surface area contributed by atoms with Crippen LogP contribution < -0.4 is 5.32 Å². The number of rotatable bonds is 4. The van der Waals surface area contributed by atoms with Gasteiger partial charge in [-0.15, -0.1) is 0 Å². The van der Waals surface area contributed by atoms with E-state index in [4.69, 9.17) is 4.98 Å². The molecule has 0 radical (unpaired) electrons. The van der Waals surface area contributed by atoms with Crippen LogP contribution >= 0.6 is 11.8 Å². The number of thioether (sulfide) groups is 1. The Morgan fingerprint density at radius 2 is 2.32 bits per heavy atom. The van der Waals surface area contributed by atoms with Crippen LogP contribution in [0, 0.1) is 6.92 Å². The van der Waals surface area contributed by atoms with Crippen molar-refractivity contribution in [3.63, 3.8) is 0 Å². The van der Waals surface area contributed by atoms with Gasteiger partial charge in [-0.2, -0.15) is 0 Å². The predicted molar refractivity (Wildman–Crippen MR) is 81.8 cm³/mol. The summed E-state index contributed by atoms with van der Waals surface area (Å²) in [6.07, 6.45) is 3.91. The van der Waals surface area contributed by atoms with E-state index in [0.29, 0.717) is 11.3 Å². The Balaban J connectivity index is 1.77. The fraction of sp³-hybridized carbons (Fsp3) is 0.533. The molecule has 1 aliphatic rings. The highest BCUT2D eigenvalue weighted by atomic mass is 32.2. The number of aromatic amines is 1. The van der Waals surface area contributed by atoms with Crippen molar-refractivity contribution in [2.24, 2.45) is 0 Å². The van der Waals surface area contributed by atoms with Gasteiger partial charge in [-0.3, -0.25) is 0 Å². The molecule has 0 amide bonds. The Kier molecular flexibility index (Phi) is 3.80. The van der Waals surface area contributed by atoms with Gasteiger partial charge in [-0.1, -0.05) is 31.2 Å². The first-order valence-electron chi connectivity index (χ1n) is 7.12. The van der Waals surface area contributed by atoms with Crippen LogP contribution in [0.1, 0.15) is 31.7 Å². The van der Waals surface area contributed by atoms with Gasteiger partial charge in [0.05, 0.1) is 11.0 Å². The second-order valence-corrected chi connectivity index (χ2v) is 6.54. The van der Waals surface area contributed by atoms with Gasteiger partial charge in [-0.25, -0.2) is 4.98 Å². The van der Waals surface area contributed by atoms with Gasteiger partial charge in [0.1, 0.15) is 0 Å². The molecule has 1 heterocycles. The van der Waals surface area contributed by atoms with Crippen molar-refractivity contribution in [2.75, 3.05) is 6.54 Å². The molecule has 102 valence electrons. The van der Waals surface area contributed by atoms with Crippen LogP contribution in [0.25, 0.3) is 11.0 Å². The van der Waals surface area contributed by atoms with E-state index in [1.807, 2.05) is 11.8 Å². The van der Waals surface area contributed by atoms with Gasteiger partial charge < -0.3 is 10.3 Å². The lowest BCUT2D eigenvalue weighted by molar-refractivity contribution is 0.550. The lowest BCUT2D eigenvalue weighted by Crippen LogP contribution is -2.33. The minimum Gasteiger partial charge on any atom is -0.333 e. The molecule has 1 fully saturated rings. The molecule has 0 bridgehead atoms. The van der Waals surface area contributed by atoms with Gasteiger partial charge in [0.15, 0.2) is 5.16 Å². The summed E-state index contributed by atoms with van der Waals surface area (Å²) in [5.41, 5.74) is 3.51. The Hall–Kier alpha value is -1.00. The lowest BCUT2D eigenvalue weighted by atomic mass is 10.2. The molecule has 2 unspecified atom stereocenters. The first-order chi connectivity index (χ1) is 9.26. The van der Waals surface area contributed by atoms with Crippen LogP contribution in [0.2, 0.25) is 0 Å². The highest BCUT2D eigenvalue weighted by molar-refractivity contribution is 7.99. The summed E-state index contributed by atoms with van der Waals surface area (Å²) in [5.74, 6) is 0. The number of hydrogen-bond acceptors (Lipinski definition) is 3. The number of H-pyrrole nitrogens is 1. The maximum Gasteiger partial charge on any atom is 0.166 e. The third-order valence-corrected chi connectivity index (χ3v) is 5.08. The molecule has 0 aliphatic heterocycles. The molecule has 2 aromatic rings. The van der Waals surface area contributed by atoms with Crippen molar-refractivity contribution in [2.45, 2.75) is 49.6 Å². The largest absolute Gasteiger partial charge is 0.333 e. The Bertz CT molecular complexity index is 564. The molecule has 0 spiro atoms. The highest BCUT2D eigenvalue weighted by Gasteiger charge is 2.28. The SMILES string of the molecule is CCNC1CCCC1Sc1nc2ccc(C)cc2[nH]1. The first-order valence-corrected chi connectivity index (χ1v) is 8.00. The fourth-order valence-electron chi connectivity index (χ4n) is 2.86. The zero-order valence-corrected chi connectivity index (χ0v) is 12.4. The normalized spacial score (nSPS) is 23.3. The van der Waals surface area contributed by atoms with E-state index < -0.39 is 0 Å². The number of benzene rings is 1. The minimum atomic E-state index is 0.643. The first kappa shape index (κ1) is 13.0. The predicted octanol–water partition coefficient (Wildman–Crippen LogP) is 3.49. The maximum absolute atomic E-state index is 4.69. The van der Waals surface area contributed by atoms with Gasteiger partial charge in [0, 0.05) is 11.3 Å². The van der Waals surface area contributed by atoms with Crippen molar-refractivity contribution >= 4 is 22.8 Å². The molecular weight excluding hydrogens is 254 g/mol. The van der Waals surface area contributed by atoms with E-state index >= 15 is 0 Å². The fourth-order valence-corrected chi connectivity index (χ4v) is 4.15. The highest BCUT2D eigenvalue weighted by Crippen LogP contribution is 2.34. The summed E-state index contributed by atoms with van der Waals surface area (Å²) < 4.78 is 0. The molecule has 1 aromatic heterocycles. The van der Waals surface area contributed by atoms with Gasteiger partial charge in [0.25, 0.3) is 0 Å². The van der Waals surface area contributed by atoms with Gasteiger partial charge in [0.2, 0.25) is 0 Å². The Labute approximate surface area is 118 Å². The molecule has 1 saturated carbocycles. The standard InChI is InChI=1S/C15H21N3S/c1-3-16-12-5-4-6-14(12)19-15-17-11-8-7-10(2)9-13(11)18-15/h7-9,12,14,16H,3-6H2,1-2H3,(H,17,18). The van der Waals surface area contributed by atoms with E-state index in [1.54, 1.807) is 0 Å². The van der Waals surface area contributed by atoms with Gasteiger partial charge in [-0.05, 0) is 44.0 Å². The van der Waals surface area contributed by atoms with Crippen LogP contribution in [-0.4, -0.2) is 27.8 Å². The van der Waals surface area contributed by atoms with Crippen LogP contribution in [0.4, 0.5) is 0 Å². The molecule has 3 rings (SSSR count). The van der Waals surface area contributed by atoms with Crippen LogP contribution in [0.5, 0.6) is 0 Å². The summed E-state index contributed by atoms with van der Waals surface area (Å²) in [6, 6.07) is 7.03. The molecule has 1 aromatic carbocycles. The molecular formula is C15H21N3S. The monoisotopic (exact) mass is 275 g/mol. The molecule has 3 nitrogen and oxygen atoms in total. The minimum absolute atomic E-state index is 0.643.